The summed E-state index contributed by atoms with van der Waals surface area (Å²) in [6.45, 7) is 0. The Hall–Kier alpha value is -3.90. The van der Waals surface area contributed by atoms with E-state index in [9.17, 15) is 0 Å². The van der Waals surface area contributed by atoms with Gasteiger partial charge in [0.25, 0.3) is 0 Å². The van der Waals surface area contributed by atoms with Crippen LogP contribution in [0.25, 0.3) is 60.5 Å². The van der Waals surface area contributed by atoms with Crippen molar-refractivity contribution < 1.29 is 0 Å². The first-order valence-corrected chi connectivity index (χ1v) is 11.5. The molecule has 0 amide bonds. The summed E-state index contributed by atoms with van der Waals surface area (Å²) in [6.07, 6.45) is 7.95. The Morgan fingerprint density at radius 2 is 1.12 bits per heavy atom. The molecule has 3 aliphatic carbocycles. The van der Waals surface area contributed by atoms with Crippen LogP contribution in [0.1, 0.15) is 23.5 Å². The Labute approximate surface area is 187 Å². The monoisotopic (exact) mass is 404 g/mol. The first-order chi connectivity index (χ1) is 15.9. The van der Waals surface area contributed by atoms with Crippen molar-refractivity contribution in [3.05, 3.63) is 114 Å². The molecule has 0 saturated carbocycles. The summed E-state index contributed by atoms with van der Waals surface area (Å²) in [5.41, 5.74) is 12.5. The van der Waals surface area contributed by atoms with Gasteiger partial charge in [0.15, 0.2) is 0 Å². The smallest absolute Gasteiger partial charge is 0.0136 e. The molecule has 8 rings (SSSR count). The van der Waals surface area contributed by atoms with E-state index in [-0.39, 0.29) is 0 Å². The number of hydrogen-bond donors (Lipinski definition) is 0. The summed E-state index contributed by atoms with van der Waals surface area (Å²) in [7, 11) is 0. The highest BCUT2D eigenvalue weighted by Crippen LogP contribution is 2.53. The zero-order chi connectivity index (χ0) is 20.8. The van der Waals surface area contributed by atoms with Gasteiger partial charge in [0.1, 0.15) is 0 Å². The second kappa shape index (κ2) is 5.87. The first kappa shape index (κ1) is 16.8. The number of rotatable bonds is 1. The van der Waals surface area contributed by atoms with Crippen molar-refractivity contribution in [1.29, 1.82) is 0 Å². The quantitative estimate of drug-likeness (QED) is 0.257. The number of benzene rings is 5. The maximum Gasteiger partial charge on any atom is 0.0136 e. The van der Waals surface area contributed by atoms with Crippen LogP contribution >= 0.6 is 0 Å². The van der Waals surface area contributed by atoms with Crippen LogP contribution in [0.3, 0.4) is 0 Å². The third kappa shape index (κ3) is 1.94. The van der Waals surface area contributed by atoms with Gasteiger partial charge in [-0.05, 0) is 78.0 Å². The molecular formula is C32H20. The SMILES string of the molecule is C1=CCC2C(=C1)c1cccc3c(-c4ccc5c6c(cccc46)-c4ccccc4-5)ccc2c13. The fourth-order valence-electron chi connectivity index (χ4n) is 6.44. The van der Waals surface area contributed by atoms with Crippen molar-refractivity contribution in [2.45, 2.75) is 12.3 Å². The Morgan fingerprint density at radius 1 is 0.500 bits per heavy atom. The fraction of sp³-hybridized carbons (Fsp3) is 0.0625. The number of allylic oxidation sites excluding steroid dienone is 4. The van der Waals surface area contributed by atoms with Gasteiger partial charge in [-0.15, -0.1) is 0 Å². The summed E-state index contributed by atoms with van der Waals surface area (Å²) in [5.74, 6) is 0.510. The van der Waals surface area contributed by atoms with Crippen LogP contribution in [0, 0.1) is 0 Å². The molecule has 0 fully saturated rings. The molecule has 32 heavy (non-hydrogen) atoms. The van der Waals surface area contributed by atoms with Crippen molar-refractivity contribution in [3.8, 4) is 33.4 Å². The van der Waals surface area contributed by atoms with Gasteiger partial charge in [0.2, 0.25) is 0 Å². The van der Waals surface area contributed by atoms with Gasteiger partial charge in [0, 0.05) is 5.92 Å². The van der Waals surface area contributed by atoms with Gasteiger partial charge < -0.3 is 0 Å². The highest BCUT2D eigenvalue weighted by Gasteiger charge is 2.30. The molecule has 0 heteroatoms. The maximum atomic E-state index is 2.39. The molecule has 0 bridgehead atoms. The number of hydrogen-bond acceptors (Lipinski definition) is 0. The van der Waals surface area contributed by atoms with Gasteiger partial charge >= 0.3 is 0 Å². The molecule has 3 aliphatic rings. The van der Waals surface area contributed by atoms with E-state index in [0.717, 1.165) is 6.42 Å². The second-order valence-electron chi connectivity index (χ2n) is 9.20. The lowest BCUT2D eigenvalue weighted by Crippen LogP contribution is -1.96. The summed E-state index contributed by atoms with van der Waals surface area (Å²) < 4.78 is 0. The normalized spacial score (nSPS) is 17.0. The van der Waals surface area contributed by atoms with Gasteiger partial charge in [-0.3, -0.25) is 0 Å². The van der Waals surface area contributed by atoms with E-state index in [1.54, 1.807) is 0 Å². The molecule has 1 unspecified atom stereocenters. The van der Waals surface area contributed by atoms with Crippen molar-refractivity contribution in [1.82, 2.24) is 0 Å². The Kier molecular flexibility index (Phi) is 3.07. The molecule has 5 aromatic carbocycles. The Morgan fingerprint density at radius 3 is 1.94 bits per heavy atom. The van der Waals surface area contributed by atoms with E-state index in [1.165, 1.54) is 71.6 Å². The number of fused-ring (bicyclic) bond motifs is 6. The zero-order valence-electron chi connectivity index (χ0n) is 17.6. The summed E-state index contributed by atoms with van der Waals surface area (Å²) in [6, 6.07) is 31.9. The average molecular weight is 405 g/mol. The standard InChI is InChI=1S/C32H20/c1-3-9-21-19(7-1)25-11-5-13-27-23(15-17-29(21)31(25)27)24-16-18-30-22-10-4-2-8-20(22)26-12-6-14-28(24)32(26)30/h1-9,11-18,22H,10H2. The molecule has 148 valence electrons. The van der Waals surface area contributed by atoms with E-state index < -0.39 is 0 Å². The van der Waals surface area contributed by atoms with Crippen LogP contribution in [-0.4, -0.2) is 0 Å². The van der Waals surface area contributed by atoms with Crippen LogP contribution in [0.2, 0.25) is 0 Å². The van der Waals surface area contributed by atoms with Crippen LogP contribution in [0.4, 0.5) is 0 Å². The van der Waals surface area contributed by atoms with Crippen molar-refractivity contribution in [2.75, 3.05) is 0 Å². The molecular weight excluding hydrogens is 384 g/mol. The molecule has 0 radical (unpaired) electrons. The van der Waals surface area contributed by atoms with E-state index in [4.69, 9.17) is 0 Å². The summed E-state index contributed by atoms with van der Waals surface area (Å²) >= 11 is 0. The van der Waals surface area contributed by atoms with Crippen LogP contribution in [-0.2, 0) is 0 Å². The molecule has 0 aliphatic heterocycles. The highest BCUT2D eigenvalue weighted by atomic mass is 14.3. The maximum absolute atomic E-state index is 2.39. The largest absolute Gasteiger partial charge is 0.0836 e. The van der Waals surface area contributed by atoms with Crippen molar-refractivity contribution in [2.24, 2.45) is 0 Å². The zero-order valence-corrected chi connectivity index (χ0v) is 17.6. The fourth-order valence-corrected chi connectivity index (χ4v) is 6.44. The minimum absolute atomic E-state index is 0.510. The predicted molar refractivity (Wildman–Crippen MR) is 136 cm³/mol. The van der Waals surface area contributed by atoms with Crippen molar-refractivity contribution >= 4 is 27.1 Å². The van der Waals surface area contributed by atoms with Gasteiger partial charge in [-0.25, -0.2) is 0 Å². The van der Waals surface area contributed by atoms with Crippen molar-refractivity contribution in [3.63, 3.8) is 0 Å². The molecule has 0 N–H and O–H groups in total. The third-order valence-electron chi connectivity index (χ3n) is 7.76. The molecule has 0 saturated heterocycles. The predicted octanol–water partition coefficient (Wildman–Crippen LogP) is 8.75. The highest BCUT2D eigenvalue weighted by molar-refractivity contribution is 6.20. The van der Waals surface area contributed by atoms with E-state index in [1.807, 2.05) is 0 Å². The minimum atomic E-state index is 0.510. The topological polar surface area (TPSA) is 0 Å². The first-order valence-electron chi connectivity index (χ1n) is 11.5. The molecule has 0 heterocycles. The Balaban J connectivity index is 1.45. The summed E-state index contributed by atoms with van der Waals surface area (Å²) in [5, 5.41) is 5.59. The Bertz CT molecular complexity index is 1660. The molecule has 0 spiro atoms. The molecule has 1 atom stereocenters. The van der Waals surface area contributed by atoms with Gasteiger partial charge in [-0.1, -0.05) is 103 Å². The molecule has 0 aromatic heterocycles. The average Bonchev–Trinajstić information content (AvgIpc) is 3.36. The van der Waals surface area contributed by atoms with Crippen LogP contribution < -0.4 is 0 Å². The van der Waals surface area contributed by atoms with Gasteiger partial charge in [-0.2, -0.15) is 0 Å². The van der Waals surface area contributed by atoms with E-state index in [0.29, 0.717) is 5.92 Å². The molecule has 0 nitrogen and oxygen atoms in total. The summed E-state index contributed by atoms with van der Waals surface area (Å²) in [4.78, 5) is 0. The second-order valence-corrected chi connectivity index (χ2v) is 9.20. The van der Waals surface area contributed by atoms with Gasteiger partial charge in [0.05, 0.1) is 0 Å². The third-order valence-corrected chi connectivity index (χ3v) is 7.76. The van der Waals surface area contributed by atoms with Crippen LogP contribution in [0.5, 0.6) is 0 Å². The van der Waals surface area contributed by atoms with E-state index in [2.05, 4.69) is 103 Å². The molecule has 5 aromatic rings. The lowest BCUT2D eigenvalue weighted by molar-refractivity contribution is 0.899. The van der Waals surface area contributed by atoms with Crippen LogP contribution in [0.15, 0.2) is 103 Å². The lowest BCUT2D eigenvalue weighted by Gasteiger charge is -2.16. The lowest BCUT2D eigenvalue weighted by atomic mass is 9.88. The van der Waals surface area contributed by atoms with E-state index >= 15 is 0 Å². The minimum Gasteiger partial charge on any atom is -0.0836 e.